The molecule has 164 valence electrons. The molecule has 3 saturated heterocycles. The van der Waals surface area contributed by atoms with Crippen LogP contribution in [0.5, 0.6) is 0 Å². The molecule has 0 saturated carbocycles. The lowest BCUT2D eigenvalue weighted by Crippen LogP contribution is -2.61. The van der Waals surface area contributed by atoms with Crippen LogP contribution in [0.3, 0.4) is 0 Å². The minimum atomic E-state index is 0. The van der Waals surface area contributed by atoms with E-state index in [9.17, 15) is 0 Å². The molecule has 3 heterocycles. The zero-order valence-electron chi connectivity index (χ0n) is 18.0. The number of halogens is 1. The summed E-state index contributed by atoms with van der Waals surface area (Å²) >= 11 is 2.08. The van der Waals surface area contributed by atoms with Gasteiger partial charge in [0, 0.05) is 50.1 Å². The van der Waals surface area contributed by atoms with Gasteiger partial charge in [0.05, 0.1) is 13.2 Å². The quantitative estimate of drug-likeness (QED) is 0.315. The molecule has 0 aromatic carbocycles. The number of aliphatic imine (C=N–C) groups is 1. The fourth-order valence-corrected chi connectivity index (χ4v) is 5.99. The first-order valence-corrected chi connectivity index (χ1v) is 11.8. The van der Waals surface area contributed by atoms with Gasteiger partial charge >= 0.3 is 0 Å². The highest BCUT2D eigenvalue weighted by atomic mass is 127. The molecule has 0 amide bonds. The average Bonchev–Trinajstić information content (AvgIpc) is 3.20. The molecule has 8 heteroatoms. The number of nitrogens with one attached hydrogen (secondary N) is 2. The number of guanidine groups is 1. The number of likely N-dealkylation sites (tertiary alicyclic amines) is 1. The van der Waals surface area contributed by atoms with Crippen molar-refractivity contribution < 1.29 is 4.74 Å². The van der Waals surface area contributed by atoms with E-state index >= 15 is 0 Å². The molecule has 0 spiro atoms. The summed E-state index contributed by atoms with van der Waals surface area (Å²) in [4.78, 5) is 9.77. The number of hydrogen-bond donors (Lipinski definition) is 2. The highest BCUT2D eigenvalue weighted by molar-refractivity contribution is 14.0. The Balaban J connectivity index is 0.00000280. The van der Waals surface area contributed by atoms with Crippen molar-refractivity contribution in [3.05, 3.63) is 0 Å². The van der Waals surface area contributed by atoms with Crippen LogP contribution in [0, 0.1) is 0 Å². The second-order valence-electron chi connectivity index (χ2n) is 8.77. The number of piperidine rings is 1. The summed E-state index contributed by atoms with van der Waals surface area (Å²) in [5.41, 5.74) is 0.400. The van der Waals surface area contributed by atoms with Crippen molar-refractivity contribution >= 4 is 41.7 Å². The summed E-state index contributed by atoms with van der Waals surface area (Å²) in [6.07, 6.45) is 5.29. The lowest BCUT2D eigenvalue weighted by atomic mass is 9.95. The third-order valence-electron chi connectivity index (χ3n) is 6.47. The van der Waals surface area contributed by atoms with Crippen LogP contribution in [-0.2, 0) is 4.74 Å². The van der Waals surface area contributed by atoms with Gasteiger partial charge in [-0.05, 0) is 52.0 Å². The van der Waals surface area contributed by atoms with E-state index in [4.69, 9.17) is 4.74 Å². The Morgan fingerprint density at radius 3 is 2.43 bits per heavy atom. The van der Waals surface area contributed by atoms with E-state index in [0.717, 1.165) is 45.4 Å². The normalized spacial score (nSPS) is 28.0. The van der Waals surface area contributed by atoms with E-state index < -0.39 is 0 Å². The van der Waals surface area contributed by atoms with Gasteiger partial charge in [-0.1, -0.05) is 6.42 Å². The van der Waals surface area contributed by atoms with E-state index in [1.54, 1.807) is 0 Å². The van der Waals surface area contributed by atoms with Crippen molar-refractivity contribution in [3.8, 4) is 0 Å². The van der Waals surface area contributed by atoms with Crippen molar-refractivity contribution in [1.82, 2.24) is 20.4 Å². The van der Waals surface area contributed by atoms with Crippen LogP contribution < -0.4 is 10.6 Å². The molecule has 0 aromatic heterocycles. The number of hydrogen-bond acceptors (Lipinski definition) is 5. The first kappa shape index (κ1) is 24.5. The lowest BCUT2D eigenvalue weighted by Gasteiger charge is -2.43. The first-order valence-electron chi connectivity index (χ1n) is 10.7. The molecule has 1 atom stereocenters. The Morgan fingerprint density at radius 1 is 1.11 bits per heavy atom. The van der Waals surface area contributed by atoms with Gasteiger partial charge in [-0.2, -0.15) is 11.8 Å². The minimum absolute atomic E-state index is 0. The summed E-state index contributed by atoms with van der Waals surface area (Å²) in [7, 11) is 1.88. The monoisotopic (exact) mass is 525 g/mol. The second kappa shape index (κ2) is 11.6. The zero-order chi connectivity index (χ0) is 19.2. The van der Waals surface area contributed by atoms with Crippen molar-refractivity contribution in [2.24, 2.45) is 4.99 Å². The zero-order valence-corrected chi connectivity index (χ0v) is 21.1. The van der Waals surface area contributed by atoms with E-state index in [0.29, 0.717) is 0 Å². The topological polar surface area (TPSA) is 52.1 Å². The Morgan fingerprint density at radius 2 is 1.82 bits per heavy atom. The van der Waals surface area contributed by atoms with Crippen LogP contribution in [0.1, 0.15) is 39.5 Å². The average molecular weight is 526 g/mol. The number of ether oxygens (including phenoxy) is 1. The third kappa shape index (κ3) is 6.36. The molecule has 3 aliphatic heterocycles. The second-order valence-corrected chi connectivity index (χ2v) is 9.87. The lowest BCUT2D eigenvalue weighted by molar-refractivity contribution is -0.0120. The predicted octanol–water partition coefficient (Wildman–Crippen LogP) is 2.24. The molecule has 0 radical (unpaired) electrons. The SMILES string of the molecule is CN=C(NCC(C)(C)N1CCCCC1)NCC1(N2CCOCC2)CCSC1.I. The fraction of sp³-hybridized carbons (Fsp3) is 0.950. The van der Waals surface area contributed by atoms with E-state index in [1.807, 2.05) is 7.05 Å². The molecule has 3 fully saturated rings. The Kier molecular flexibility index (Phi) is 10.1. The van der Waals surface area contributed by atoms with Gasteiger partial charge < -0.3 is 15.4 Å². The molecule has 0 aliphatic carbocycles. The smallest absolute Gasteiger partial charge is 0.191 e. The fourth-order valence-electron chi connectivity index (χ4n) is 4.51. The van der Waals surface area contributed by atoms with Crippen LogP contribution in [0.4, 0.5) is 0 Å². The van der Waals surface area contributed by atoms with Gasteiger partial charge in [0.25, 0.3) is 0 Å². The van der Waals surface area contributed by atoms with E-state index in [-0.39, 0.29) is 35.1 Å². The van der Waals surface area contributed by atoms with Crippen LogP contribution in [0.2, 0.25) is 0 Å². The van der Waals surface area contributed by atoms with Gasteiger partial charge in [0.2, 0.25) is 0 Å². The predicted molar refractivity (Wildman–Crippen MR) is 131 cm³/mol. The molecule has 28 heavy (non-hydrogen) atoms. The van der Waals surface area contributed by atoms with Crippen molar-refractivity contribution in [2.75, 3.05) is 71.0 Å². The maximum atomic E-state index is 5.58. The third-order valence-corrected chi connectivity index (χ3v) is 7.71. The Hall–Kier alpha value is 0.230. The summed E-state index contributed by atoms with van der Waals surface area (Å²) < 4.78 is 5.58. The molecule has 3 rings (SSSR count). The highest BCUT2D eigenvalue weighted by Gasteiger charge is 2.40. The standard InChI is InChI=1S/C20H39N5OS.HI/c1-19(2,24-8-5-4-6-9-24)15-22-18(21-3)23-16-20(7-14-27-17-20)25-10-12-26-13-11-25;/h4-17H2,1-3H3,(H2,21,22,23);1H. The largest absolute Gasteiger partial charge is 0.379 e. The molecular formula is C20H40IN5OS. The summed E-state index contributed by atoms with van der Waals surface area (Å²) in [5.74, 6) is 3.40. The molecular weight excluding hydrogens is 485 g/mol. The number of morpholine rings is 1. The van der Waals surface area contributed by atoms with Crippen molar-refractivity contribution in [1.29, 1.82) is 0 Å². The molecule has 0 bridgehead atoms. The summed E-state index contributed by atoms with van der Waals surface area (Å²) in [6, 6.07) is 0. The highest BCUT2D eigenvalue weighted by Crippen LogP contribution is 2.33. The van der Waals surface area contributed by atoms with Gasteiger partial charge in [0.1, 0.15) is 0 Å². The van der Waals surface area contributed by atoms with Gasteiger partial charge in [0.15, 0.2) is 5.96 Å². The first-order chi connectivity index (χ1) is 13.1. The Bertz CT molecular complexity index is 487. The molecule has 6 nitrogen and oxygen atoms in total. The van der Waals surface area contributed by atoms with E-state index in [1.165, 1.54) is 50.3 Å². The van der Waals surface area contributed by atoms with Crippen LogP contribution in [0.25, 0.3) is 0 Å². The van der Waals surface area contributed by atoms with Crippen molar-refractivity contribution in [2.45, 2.75) is 50.6 Å². The molecule has 3 aliphatic rings. The Labute approximate surface area is 193 Å². The molecule has 2 N–H and O–H groups in total. The molecule has 1 unspecified atom stereocenters. The maximum Gasteiger partial charge on any atom is 0.191 e. The maximum absolute atomic E-state index is 5.58. The number of thioether (sulfide) groups is 1. The molecule has 0 aromatic rings. The van der Waals surface area contributed by atoms with Crippen LogP contribution in [0.15, 0.2) is 4.99 Å². The summed E-state index contributed by atoms with van der Waals surface area (Å²) in [5, 5.41) is 7.25. The number of nitrogens with zero attached hydrogens (tertiary/aromatic N) is 3. The van der Waals surface area contributed by atoms with Gasteiger partial charge in [-0.15, -0.1) is 24.0 Å². The summed E-state index contributed by atoms with van der Waals surface area (Å²) in [6.45, 7) is 12.9. The minimum Gasteiger partial charge on any atom is -0.379 e. The van der Waals surface area contributed by atoms with Crippen molar-refractivity contribution in [3.63, 3.8) is 0 Å². The van der Waals surface area contributed by atoms with Crippen LogP contribution >= 0.6 is 35.7 Å². The van der Waals surface area contributed by atoms with Gasteiger partial charge in [-0.3, -0.25) is 14.8 Å². The van der Waals surface area contributed by atoms with E-state index in [2.05, 4.69) is 51.0 Å². The van der Waals surface area contributed by atoms with Gasteiger partial charge in [-0.25, -0.2) is 0 Å². The number of rotatable bonds is 6. The van der Waals surface area contributed by atoms with Crippen LogP contribution in [-0.4, -0.2) is 97.9 Å².